The number of aromatic nitrogens is 1. The molecule has 1 aromatic heterocycles. The van der Waals surface area contributed by atoms with Gasteiger partial charge < -0.3 is 0 Å². The van der Waals surface area contributed by atoms with Gasteiger partial charge in [-0.2, -0.15) is 0 Å². The van der Waals surface area contributed by atoms with E-state index in [0.717, 1.165) is 11.2 Å². The van der Waals surface area contributed by atoms with Crippen LogP contribution < -0.4 is 0 Å². The Labute approximate surface area is 191 Å². The van der Waals surface area contributed by atoms with Crippen LogP contribution in [0.3, 0.4) is 0 Å². The molecule has 0 aliphatic rings. The van der Waals surface area contributed by atoms with Crippen molar-refractivity contribution >= 4 is 36.9 Å². The Balaban J connectivity index is 2.99. The summed E-state index contributed by atoms with van der Waals surface area (Å²) in [4.78, 5) is 5.01. The van der Waals surface area contributed by atoms with Gasteiger partial charge in [0.2, 0.25) is 0 Å². The third-order valence-corrected chi connectivity index (χ3v) is 19.4. The number of thiazole rings is 1. The van der Waals surface area contributed by atoms with Crippen LogP contribution in [0, 0.1) is 0 Å². The minimum absolute atomic E-state index is 0.232. The van der Waals surface area contributed by atoms with Crippen LogP contribution in [0.1, 0.15) is 90.8 Å². The van der Waals surface area contributed by atoms with Crippen molar-refractivity contribution in [2.75, 3.05) is 18.5 Å². The van der Waals surface area contributed by atoms with E-state index < -0.39 is 14.3 Å². The zero-order chi connectivity index (χ0) is 22.2. The summed E-state index contributed by atoms with van der Waals surface area (Å²) in [5, 5.41) is 3.61. The molecule has 0 aliphatic heterocycles. The quantitative estimate of drug-likeness (QED) is 0.196. The number of halogens is 1. The molecule has 29 heavy (non-hydrogen) atoms. The van der Waals surface area contributed by atoms with Crippen molar-refractivity contribution in [3.05, 3.63) is 16.1 Å². The summed E-state index contributed by atoms with van der Waals surface area (Å²) in [6.45, 7) is 19.0. The molecule has 1 rings (SSSR count). The van der Waals surface area contributed by atoms with Gasteiger partial charge >= 0.3 is 192 Å². The topological polar surface area (TPSA) is 22.1 Å². The second-order valence-corrected chi connectivity index (χ2v) is 24.4. The zero-order valence-corrected chi connectivity index (χ0v) is 23.9. The van der Waals surface area contributed by atoms with Crippen LogP contribution in [0.2, 0.25) is 18.1 Å². The van der Waals surface area contributed by atoms with E-state index in [1.54, 1.807) is 11.3 Å². The van der Waals surface area contributed by atoms with Crippen LogP contribution in [0.4, 0.5) is 0 Å². The molecule has 0 bridgehead atoms. The average Bonchev–Trinajstić information content (AvgIpc) is 3.08. The van der Waals surface area contributed by atoms with Crippen molar-refractivity contribution < 1.29 is 4.43 Å². The van der Waals surface area contributed by atoms with E-state index in [4.69, 9.17) is 20.7 Å². The van der Waals surface area contributed by atoms with Gasteiger partial charge in [0.15, 0.2) is 0 Å². The minimum atomic E-state index is -2.28. The first kappa shape index (κ1) is 27.6. The molecule has 0 radical (unpaired) electrons. The first-order valence-corrected chi connectivity index (χ1v) is 19.4. The number of rotatable bonds is 14. The first-order valence-electron chi connectivity index (χ1n) is 11.7. The fraction of sp³-hybridized carbons (Fsp3) is 0.870. The monoisotopic (exact) mass is 479 g/mol. The zero-order valence-electron chi connectivity index (χ0n) is 20.4. The van der Waals surface area contributed by atoms with E-state index in [2.05, 4.69) is 60.0 Å². The van der Waals surface area contributed by atoms with Gasteiger partial charge in [-0.05, 0) is 0 Å². The summed E-state index contributed by atoms with van der Waals surface area (Å²) < 4.78 is 6.41. The first-order chi connectivity index (χ1) is 13.4. The number of hydrogen-bond acceptors (Lipinski definition) is 3. The van der Waals surface area contributed by atoms with Crippen LogP contribution in [0.15, 0.2) is 5.38 Å². The van der Waals surface area contributed by atoms with Gasteiger partial charge in [0.25, 0.3) is 0 Å². The van der Waals surface area contributed by atoms with Crippen LogP contribution in [0.25, 0.3) is 0 Å². The molecule has 0 saturated carbocycles. The molecule has 0 N–H and O–H groups in total. The molecule has 0 saturated heterocycles. The average molecular weight is 480 g/mol. The van der Waals surface area contributed by atoms with Crippen LogP contribution in [-0.4, -0.2) is 31.8 Å². The molecule has 2 nitrogen and oxygen atoms in total. The maximum atomic E-state index is 7.76. The van der Waals surface area contributed by atoms with Crippen molar-refractivity contribution in [2.45, 2.75) is 111 Å². The van der Waals surface area contributed by atoms with Gasteiger partial charge in [-0.3, -0.25) is 0 Å². The van der Waals surface area contributed by atoms with Crippen LogP contribution in [-0.2, 0) is 17.2 Å². The Bertz CT molecular complexity index is 590. The molecule has 0 atom stereocenters. The maximum absolute atomic E-state index is 7.76. The van der Waals surface area contributed by atoms with Gasteiger partial charge in [0, 0.05) is 0 Å². The Morgan fingerprint density at radius 3 is 1.90 bits per heavy atom. The third-order valence-electron chi connectivity index (χ3n) is 6.73. The van der Waals surface area contributed by atoms with E-state index in [1.165, 1.54) is 62.7 Å². The van der Waals surface area contributed by atoms with E-state index in [9.17, 15) is 0 Å². The molecule has 1 aromatic rings. The van der Waals surface area contributed by atoms with Crippen molar-refractivity contribution in [3.8, 4) is 0 Å². The molecule has 0 aromatic carbocycles. The van der Waals surface area contributed by atoms with E-state index in [0.29, 0.717) is 6.61 Å². The fourth-order valence-electron chi connectivity index (χ4n) is 3.58. The normalized spacial score (nSPS) is 14.7. The molecular formula is C23H47ClNOPSSi. The second kappa shape index (κ2) is 11.4. The number of nitrogens with zero attached hydrogens (tertiary/aromatic N) is 1. The van der Waals surface area contributed by atoms with Crippen molar-refractivity contribution in [3.63, 3.8) is 0 Å². The molecule has 0 unspecified atom stereocenters. The van der Waals surface area contributed by atoms with Crippen molar-refractivity contribution in [1.29, 1.82) is 0 Å². The Morgan fingerprint density at radius 1 is 1.00 bits per heavy atom. The molecule has 0 aliphatic carbocycles. The summed E-state index contributed by atoms with van der Waals surface area (Å²) >= 11 is 9.52. The molecule has 0 fully saturated rings. The third kappa shape index (κ3) is 8.52. The van der Waals surface area contributed by atoms with E-state index in [1.807, 2.05) is 0 Å². The predicted octanol–water partition coefficient (Wildman–Crippen LogP) is 9.27. The molecule has 6 heteroatoms. The Kier molecular flexibility index (Phi) is 10.8. The van der Waals surface area contributed by atoms with Crippen LogP contribution >= 0.6 is 28.5 Å². The summed E-state index contributed by atoms with van der Waals surface area (Å²) in [7, 11) is -1.74. The number of unbranched alkanes of at least 4 members (excludes halogenated alkanes) is 3. The summed E-state index contributed by atoms with van der Waals surface area (Å²) in [6, 6.07) is 0. The van der Waals surface area contributed by atoms with E-state index in [-0.39, 0.29) is 5.04 Å². The summed E-state index contributed by atoms with van der Waals surface area (Å²) in [5.41, 5.74) is 1.22. The summed E-state index contributed by atoms with van der Waals surface area (Å²) in [6.07, 6.45) is 12.1. The van der Waals surface area contributed by atoms with Gasteiger partial charge in [-0.1, -0.05) is 0 Å². The summed E-state index contributed by atoms with van der Waals surface area (Å²) in [5.74, 6) is -2.28. The SMILES string of the molecule is CCCCP(Cl)(CCCC)(CCCC)Cc1csc(CO[Si](C)(C)C(C)(C)C)n1. The van der Waals surface area contributed by atoms with Gasteiger partial charge in [-0.15, -0.1) is 0 Å². The predicted molar refractivity (Wildman–Crippen MR) is 140 cm³/mol. The molecule has 172 valence electrons. The molecular weight excluding hydrogens is 433 g/mol. The fourth-order valence-corrected chi connectivity index (χ4v) is 12.3. The molecule has 0 spiro atoms. The number of hydrogen-bond donors (Lipinski definition) is 0. The Hall–Kier alpha value is 0.527. The molecule has 1 heterocycles. The van der Waals surface area contributed by atoms with Gasteiger partial charge in [0.05, 0.1) is 0 Å². The van der Waals surface area contributed by atoms with Crippen molar-refractivity contribution in [1.82, 2.24) is 4.98 Å². The second-order valence-electron chi connectivity index (χ2n) is 10.5. The van der Waals surface area contributed by atoms with Crippen molar-refractivity contribution in [2.24, 2.45) is 0 Å². The van der Waals surface area contributed by atoms with Crippen LogP contribution in [0.5, 0.6) is 0 Å². The van der Waals surface area contributed by atoms with E-state index >= 15 is 0 Å². The Morgan fingerprint density at radius 2 is 1.48 bits per heavy atom. The molecule has 0 amide bonds. The van der Waals surface area contributed by atoms with Gasteiger partial charge in [-0.25, -0.2) is 0 Å². The standard InChI is InChI=1S/C23H47ClNOPSSi/c1-9-12-15-27(24,16-13-10-2,17-14-11-3)19-21-20-28-22(25-21)18-26-29(7,8)23(4,5)6/h20H,9-19H2,1-8H3. The van der Waals surface area contributed by atoms with Gasteiger partial charge in [0.1, 0.15) is 0 Å².